The zero-order chi connectivity index (χ0) is 18.1. The second-order valence-corrected chi connectivity index (χ2v) is 6.87. The highest BCUT2D eigenvalue weighted by atomic mass is 16.5. The van der Waals surface area contributed by atoms with E-state index in [4.69, 9.17) is 4.74 Å². The highest BCUT2D eigenvalue weighted by Crippen LogP contribution is 2.15. The minimum Gasteiger partial charge on any atom is -0.491 e. The second kappa shape index (κ2) is 10.3. The first-order valence-electron chi connectivity index (χ1n) is 9.56. The van der Waals surface area contributed by atoms with Gasteiger partial charge in [0, 0.05) is 26.2 Å². The van der Waals surface area contributed by atoms with E-state index < -0.39 is 0 Å². The van der Waals surface area contributed by atoms with Gasteiger partial charge in [0.25, 0.3) is 0 Å². The number of guanidine groups is 1. The van der Waals surface area contributed by atoms with Crippen LogP contribution in [-0.4, -0.2) is 56.2 Å². The minimum atomic E-state index is 0.213. The van der Waals surface area contributed by atoms with Crippen LogP contribution < -0.4 is 15.4 Å². The summed E-state index contributed by atoms with van der Waals surface area (Å²) in [5.41, 5.74) is 1.30. The number of likely N-dealkylation sites (tertiary alicyclic amines) is 1. The van der Waals surface area contributed by atoms with Crippen LogP contribution >= 0.6 is 0 Å². The Labute approximate surface area is 152 Å². The maximum atomic E-state index is 5.68. The summed E-state index contributed by atoms with van der Waals surface area (Å²) in [6.45, 7) is 10.5. The number of ether oxygens (including phenoxy) is 1. The molecule has 1 unspecified atom stereocenters. The largest absolute Gasteiger partial charge is 0.491 e. The van der Waals surface area contributed by atoms with Gasteiger partial charge in [-0.25, -0.2) is 0 Å². The zero-order valence-electron chi connectivity index (χ0n) is 16.2. The molecule has 0 aromatic heterocycles. The van der Waals surface area contributed by atoms with Crippen molar-refractivity contribution in [2.45, 2.75) is 52.2 Å². The van der Waals surface area contributed by atoms with Crippen molar-refractivity contribution < 1.29 is 4.74 Å². The van der Waals surface area contributed by atoms with Gasteiger partial charge in [0.15, 0.2) is 5.96 Å². The van der Waals surface area contributed by atoms with E-state index in [0.717, 1.165) is 37.8 Å². The molecular weight excluding hydrogens is 312 g/mol. The van der Waals surface area contributed by atoms with Gasteiger partial charge in [0.05, 0.1) is 6.10 Å². The number of nitrogens with one attached hydrogen (secondary N) is 2. The van der Waals surface area contributed by atoms with Gasteiger partial charge in [0.2, 0.25) is 0 Å². The van der Waals surface area contributed by atoms with Gasteiger partial charge in [-0.3, -0.25) is 9.89 Å². The lowest BCUT2D eigenvalue weighted by Gasteiger charge is -2.24. The first-order valence-corrected chi connectivity index (χ1v) is 9.56. The lowest BCUT2D eigenvalue weighted by Crippen LogP contribution is -2.45. The first kappa shape index (κ1) is 19.6. The van der Waals surface area contributed by atoms with Crippen LogP contribution in [0.15, 0.2) is 29.3 Å². The van der Waals surface area contributed by atoms with Crippen LogP contribution in [0.5, 0.6) is 5.75 Å². The third-order valence-electron chi connectivity index (χ3n) is 4.64. The number of hydrogen-bond donors (Lipinski definition) is 2. The average molecular weight is 347 g/mol. The minimum absolute atomic E-state index is 0.213. The van der Waals surface area contributed by atoms with Crippen molar-refractivity contribution in [2.75, 3.05) is 33.2 Å². The predicted octanol–water partition coefficient (Wildman–Crippen LogP) is 2.67. The number of aliphatic imine (C=N–C) groups is 1. The van der Waals surface area contributed by atoms with Gasteiger partial charge in [0.1, 0.15) is 5.75 Å². The Kier molecular flexibility index (Phi) is 8.06. The van der Waals surface area contributed by atoms with E-state index in [2.05, 4.69) is 39.6 Å². The van der Waals surface area contributed by atoms with Crippen LogP contribution in [0.2, 0.25) is 0 Å². The molecule has 1 aliphatic rings. The lowest BCUT2D eigenvalue weighted by molar-refractivity contribution is 0.242. The van der Waals surface area contributed by atoms with Crippen molar-refractivity contribution >= 4 is 5.96 Å². The van der Waals surface area contributed by atoms with Gasteiger partial charge in [-0.05, 0) is 63.9 Å². The SMILES string of the molecule is CCN1CCCC1CNC(=NC)NCCc1ccc(OC(C)C)cc1. The van der Waals surface area contributed by atoms with Crippen molar-refractivity contribution in [2.24, 2.45) is 4.99 Å². The van der Waals surface area contributed by atoms with Crippen LogP contribution in [0, 0.1) is 0 Å². The van der Waals surface area contributed by atoms with Crippen molar-refractivity contribution in [3.05, 3.63) is 29.8 Å². The maximum Gasteiger partial charge on any atom is 0.191 e. The molecule has 1 heterocycles. The Hall–Kier alpha value is -1.75. The topological polar surface area (TPSA) is 48.9 Å². The van der Waals surface area contributed by atoms with Crippen LogP contribution in [-0.2, 0) is 6.42 Å². The third kappa shape index (κ3) is 6.58. The fraction of sp³-hybridized carbons (Fsp3) is 0.650. The molecule has 0 amide bonds. The van der Waals surface area contributed by atoms with Crippen LogP contribution in [0.4, 0.5) is 0 Å². The van der Waals surface area contributed by atoms with Gasteiger partial charge >= 0.3 is 0 Å². The lowest BCUT2D eigenvalue weighted by atomic mass is 10.1. The molecule has 1 aromatic rings. The summed E-state index contributed by atoms with van der Waals surface area (Å²) in [5, 5.41) is 6.88. The molecule has 25 heavy (non-hydrogen) atoms. The molecular formula is C20H34N4O. The summed E-state index contributed by atoms with van der Waals surface area (Å²) < 4.78 is 5.68. The summed E-state index contributed by atoms with van der Waals surface area (Å²) in [7, 11) is 1.83. The van der Waals surface area contributed by atoms with Crippen molar-refractivity contribution in [3.63, 3.8) is 0 Å². The number of hydrogen-bond acceptors (Lipinski definition) is 3. The quantitative estimate of drug-likeness (QED) is 0.561. The highest BCUT2D eigenvalue weighted by Gasteiger charge is 2.22. The Morgan fingerprint density at radius 1 is 1.28 bits per heavy atom. The maximum absolute atomic E-state index is 5.68. The predicted molar refractivity (Wildman–Crippen MR) is 106 cm³/mol. The molecule has 140 valence electrons. The van der Waals surface area contributed by atoms with Gasteiger partial charge < -0.3 is 15.4 Å². The molecule has 0 spiro atoms. The molecule has 1 aliphatic heterocycles. The Morgan fingerprint density at radius 2 is 2.04 bits per heavy atom. The monoisotopic (exact) mass is 346 g/mol. The summed E-state index contributed by atoms with van der Waals surface area (Å²) in [6.07, 6.45) is 3.77. The summed E-state index contributed by atoms with van der Waals surface area (Å²) in [4.78, 5) is 6.88. The number of benzene rings is 1. The first-order chi connectivity index (χ1) is 12.1. The fourth-order valence-electron chi connectivity index (χ4n) is 3.31. The van der Waals surface area contributed by atoms with Gasteiger partial charge in [-0.15, -0.1) is 0 Å². The Balaban J connectivity index is 1.70. The number of rotatable bonds is 8. The van der Waals surface area contributed by atoms with E-state index in [1.807, 2.05) is 33.0 Å². The van der Waals surface area contributed by atoms with E-state index in [1.165, 1.54) is 24.9 Å². The molecule has 5 heteroatoms. The standard InChI is InChI=1S/C20H34N4O/c1-5-24-14-6-7-18(24)15-23-20(21-4)22-13-12-17-8-10-19(11-9-17)25-16(2)3/h8-11,16,18H,5-7,12-15H2,1-4H3,(H2,21,22,23). The molecule has 5 nitrogen and oxygen atoms in total. The molecule has 1 fully saturated rings. The Morgan fingerprint density at radius 3 is 2.68 bits per heavy atom. The molecule has 1 saturated heterocycles. The van der Waals surface area contributed by atoms with E-state index in [0.29, 0.717) is 6.04 Å². The smallest absolute Gasteiger partial charge is 0.191 e. The third-order valence-corrected chi connectivity index (χ3v) is 4.64. The molecule has 1 atom stereocenters. The normalized spacial score (nSPS) is 18.6. The van der Waals surface area contributed by atoms with E-state index in [-0.39, 0.29) is 6.10 Å². The molecule has 2 rings (SSSR count). The highest BCUT2D eigenvalue weighted by molar-refractivity contribution is 5.79. The van der Waals surface area contributed by atoms with Crippen LogP contribution in [0.3, 0.4) is 0 Å². The molecule has 0 saturated carbocycles. The number of likely N-dealkylation sites (N-methyl/N-ethyl adjacent to an activating group) is 1. The van der Waals surface area contributed by atoms with Crippen molar-refractivity contribution in [1.82, 2.24) is 15.5 Å². The molecule has 1 aromatic carbocycles. The fourth-order valence-corrected chi connectivity index (χ4v) is 3.31. The second-order valence-electron chi connectivity index (χ2n) is 6.87. The van der Waals surface area contributed by atoms with Crippen LogP contribution in [0.1, 0.15) is 39.2 Å². The summed E-state index contributed by atoms with van der Waals surface area (Å²) >= 11 is 0. The molecule has 0 radical (unpaired) electrons. The molecule has 2 N–H and O–H groups in total. The number of nitrogens with zero attached hydrogens (tertiary/aromatic N) is 2. The molecule has 0 aliphatic carbocycles. The Bertz CT molecular complexity index is 527. The van der Waals surface area contributed by atoms with Crippen molar-refractivity contribution in [1.29, 1.82) is 0 Å². The average Bonchev–Trinajstić information content (AvgIpc) is 3.06. The van der Waals surface area contributed by atoms with Gasteiger partial charge in [-0.2, -0.15) is 0 Å². The van der Waals surface area contributed by atoms with E-state index in [1.54, 1.807) is 0 Å². The summed E-state index contributed by atoms with van der Waals surface area (Å²) in [5.74, 6) is 1.82. The summed E-state index contributed by atoms with van der Waals surface area (Å²) in [6, 6.07) is 8.99. The van der Waals surface area contributed by atoms with Crippen molar-refractivity contribution in [3.8, 4) is 5.75 Å². The van der Waals surface area contributed by atoms with E-state index >= 15 is 0 Å². The van der Waals surface area contributed by atoms with E-state index in [9.17, 15) is 0 Å². The molecule has 0 bridgehead atoms. The van der Waals surface area contributed by atoms with Crippen LogP contribution in [0.25, 0.3) is 0 Å². The van der Waals surface area contributed by atoms with Gasteiger partial charge in [-0.1, -0.05) is 19.1 Å². The zero-order valence-corrected chi connectivity index (χ0v) is 16.2.